The van der Waals surface area contributed by atoms with Gasteiger partial charge < -0.3 is 0 Å². The van der Waals surface area contributed by atoms with Gasteiger partial charge in [-0.15, -0.1) is 0 Å². The summed E-state index contributed by atoms with van der Waals surface area (Å²) in [5, 5.41) is 17.2. The summed E-state index contributed by atoms with van der Waals surface area (Å²) < 4.78 is 28.6. The largest absolute Gasteiger partial charge is 0.271 e. The lowest BCUT2D eigenvalue weighted by atomic mass is 10.2. The van der Waals surface area contributed by atoms with E-state index in [-0.39, 0.29) is 11.4 Å². The first-order valence-corrected chi connectivity index (χ1v) is 9.57. The Balaban J connectivity index is 1.60. The van der Waals surface area contributed by atoms with Crippen LogP contribution in [0.2, 0.25) is 0 Å². The Bertz CT molecular complexity index is 952. The average Bonchev–Trinajstić information content (AvgIpc) is 3.26. The Morgan fingerprint density at radius 2 is 2.00 bits per heavy atom. The molecule has 2 heterocycles. The van der Waals surface area contributed by atoms with Crippen LogP contribution in [0.4, 0.5) is 0 Å². The summed E-state index contributed by atoms with van der Waals surface area (Å²) in [6, 6.07) is 11.7. The summed E-state index contributed by atoms with van der Waals surface area (Å²) >= 11 is 1.60. The van der Waals surface area contributed by atoms with E-state index in [0.717, 1.165) is 11.3 Å². The van der Waals surface area contributed by atoms with Crippen molar-refractivity contribution in [3.63, 3.8) is 0 Å². The standard InChI is InChI=1S/C16H14N4O2S2/c17-11-13-1-3-15(4-2-13)24(21,22)18-7-9-20-8-5-16(19-20)14-6-10-23-12-14/h1-6,8,10,12,18H,7,9H2. The number of nitrogens with zero attached hydrogens (tertiary/aromatic N) is 3. The molecule has 0 saturated heterocycles. The predicted octanol–water partition coefficient (Wildman–Crippen LogP) is 2.46. The van der Waals surface area contributed by atoms with Crippen LogP contribution in [-0.2, 0) is 16.6 Å². The minimum Gasteiger partial charge on any atom is -0.271 e. The van der Waals surface area contributed by atoms with Crippen molar-refractivity contribution in [3.8, 4) is 17.3 Å². The lowest BCUT2D eigenvalue weighted by molar-refractivity contribution is 0.561. The van der Waals surface area contributed by atoms with Gasteiger partial charge in [0.25, 0.3) is 0 Å². The number of nitrogens with one attached hydrogen (secondary N) is 1. The molecule has 0 amide bonds. The monoisotopic (exact) mass is 358 g/mol. The van der Waals surface area contributed by atoms with Gasteiger partial charge in [-0.25, -0.2) is 13.1 Å². The van der Waals surface area contributed by atoms with Gasteiger partial charge in [0.2, 0.25) is 10.0 Å². The van der Waals surface area contributed by atoms with Crippen LogP contribution in [-0.4, -0.2) is 24.7 Å². The topological polar surface area (TPSA) is 87.8 Å². The predicted molar refractivity (Wildman–Crippen MR) is 91.9 cm³/mol. The van der Waals surface area contributed by atoms with Gasteiger partial charge in [0.05, 0.1) is 28.8 Å². The van der Waals surface area contributed by atoms with E-state index < -0.39 is 10.0 Å². The highest BCUT2D eigenvalue weighted by molar-refractivity contribution is 7.89. The third-order valence-electron chi connectivity index (χ3n) is 3.38. The molecule has 0 spiro atoms. The average molecular weight is 358 g/mol. The Labute approximate surface area is 144 Å². The maximum atomic E-state index is 12.2. The van der Waals surface area contributed by atoms with Crippen LogP contribution >= 0.6 is 11.3 Å². The number of rotatable bonds is 6. The molecular formula is C16H14N4O2S2. The third-order valence-corrected chi connectivity index (χ3v) is 5.54. The second kappa shape index (κ2) is 6.97. The zero-order valence-corrected chi connectivity index (χ0v) is 14.2. The first kappa shape index (κ1) is 16.4. The van der Waals surface area contributed by atoms with Crippen LogP contribution in [0, 0.1) is 11.3 Å². The second-order valence-electron chi connectivity index (χ2n) is 5.01. The van der Waals surface area contributed by atoms with Crippen LogP contribution in [0.1, 0.15) is 5.56 Å². The van der Waals surface area contributed by atoms with E-state index in [1.807, 2.05) is 35.2 Å². The summed E-state index contributed by atoms with van der Waals surface area (Å²) in [4.78, 5) is 0.140. The molecule has 0 fully saturated rings. The minimum absolute atomic E-state index is 0.140. The molecule has 0 saturated carbocycles. The van der Waals surface area contributed by atoms with E-state index in [2.05, 4.69) is 9.82 Å². The zero-order chi connectivity index (χ0) is 17.0. The van der Waals surface area contributed by atoms with Crippen molar-refractivity contribution in [3.05, 3.63) is 58.9 Å². The van der Waals surface area contributed by atoms with E-state index in [1.165, 1.54) is 24.3 Å². The number of nitriles is 1. The van der Waals surface area contributed by atoms with Crippen molar-refractivity contribution in [2.24, 2.45) is 0 Å². The molecule has 8 heteroatoms. The Hall–Kier alpha value is -2.47. The van der Waals surface area contributed by atoms with Gasteiger partial charge in [0.15, 0.2) is 0 Å². The van der Waals surface area contributed by atoms with Crippen molar-refractivity contribution < 1.29 is 8.42 Å². The maximum Gasteiger partial charge on any atom is 0.240 e. The van der Waals surface area contributed by atoms with Crippen molar-refractivity contribution in [2.45, 2.75) is 11.4 Å². The SMILES string of the molecule is N#Cc1ccc(S(=O)(=O)NCCn2ccc(-c3ccsc3)n2)cc1. The smallest absolute Gasteiger partial charge is 0.240 e. The highest BCUT2D eigenvalue weighted by Crippen LogP contribution is 2.19. The summed E-state index contributed by atoms with van der Waals surface area (Å²) in [6.07, 6.45) is 1.82. The molecule has 3 rings (SSSR count). The van der Waals surface area contributed by atoms with Crippen LogP contribution in [0.5, 0.6) is 0 Å². The molecule has 24 heavy (non-hydrogen) atoms. The Kier molecular flexibility index (Phi) is 4.76. The van der Waals surface area contributed by atoms with Crippen molar-refractivity contribution in [1.29, 1.82) is 5.26 Å². The number of sulfonamides is 1. The lowest BCUT2D eigenvalue weighted by Gasteiger charge is -2.07. The molecule has 1 aromatic carbocycles. The van der Waals surface area contributed by atoms with Gasteiger partial charge in [-0.05, 0) is 41.8 Å². The van der Waals surface area contributed by atoms with E-state index in [9.17, 15) is 8.42 Å². The minimum atomic E-state index is -3.59. The molecule has 1 N–H and O–H groups in total. The van der Waals surface area contributed by atoms with E-state index in [4.69, 9.17) is 5.26 Å². The van der Waals surface area contributed by atoms with Crippen molar-refractivity contribution in [2.75, 3.05) is 6.54 Å². The van der Waals surface area contributed by atoms with Crippen LogP contribution in [0.25, 0.3) is 11.3 Å². The second-order valence-corrected chi connectivity index (χ2v) is 7.56. The normalized spacial score (nSPS) is 11.3. The first-order chi connectivity index (χ1) is 11.6. The number of thiophene rings is 1. The third kappa shape index (κ3) is 3.71. The van der Waals surface area contributed by atoms with Crippen LogP contribution in [0.3, 0.4) is 0 Å². The first-order valence-electron chi connectivity index (χ1n) is 7.14. The highest BCUT2D eigenvalue weighted by atomic mass is 32.2. The van der Waals surface area contributed by atoms with E-state index in [1.54, 1.807) is 16.0 Å². The van der Waals surface area contributed by atoms with E-state index >= 15 is 0 Å². The van der Waals surface area contributed by atoms with Gasteiger partial charge >= 0.3 is 0 Å². The molecule has 0 aliphatic rings. The Morgan fingerprint density at radius 3 is 2.67 bits per heavy atom. The van der Waals surface area contributed by atoms with Crippen LogP contribution in [0.15, 0.2) is 58.3 Å². The maximum absolute atomic E-state index is 12.2. The van der Waals surface area contributed by atoms with E-state index in [0.29, 0.717) is 12.1 Å². The molecule has 0 bridgehead atoms. The van der Waals surface area contributed by atoms with Gasteiger partial charge in [-0.2, -0.15) is 21.7 Å². The molecule has 0 aliphatic heterocycles. The molecular weight excluding hydrogens is 344 g/mol. The van der Waals surface area contributed by atoms with Crippen LogP contribution < -0.4 is 4.72 Å². The number of aromatic nitrogens is 2. The molecule has 2 aromatic heterocycles. The zero-order valence-electron chi connectivity index (χ0n) is 12.6. The fourth-order valence-electron chi connectivity index (χ4n) is 2.14. The quantitative estimate of drug-likeness (QED) is 0.733. The molecule has 6 nitrogen and oxygen atoms in total. The summed E-state index contributed by atoms with van der Waals surface area (Å²) in [5.74, 6) is 0. The fourth-order valence-corrected chi connectivity index (χ4v) is 3.81. The number of benzene rings is 1. The molecule has 3 aromatic rings. The fraction of sp³-hybridized carbons (Fsp3) is 0.125. The molecule has 122 valence electrons. The van der Waals surface area contributed by atoms with Gasteiger partial charge in [0, 0.05) is 23.7 Å². The summed E-state index contributed by atoms with van der Waals surface area (Å²) in [7, 11) is -3.59. The number of hydrogen-bond donors (Lipinski definition) is 1. The van der Waals surface area contributed by atoms with Gasteiger partial charge in [-0.1, -0.05) is 0 Å². The summed E-state index contributed by atoms with van der Waals surface area (Å²) in [5.41, 5.74) is 2.34. The lowest BCUT2D eigenvalue weighted by Crippen LogP contribution is -2.27. The van der Waals surface area contributed by atoms with Gasteiger partial charge in [0.1, 0.15) is 0 Å². The highest BCUT2D eigenvalue weighted by Gasteiger charge is 2.13. The van der Waals surface area contributed by atoms with Crippen molar-refractivity contribution >= 4 is 21.4 Å². The summed E-state index contributed by atoms with van der Waals surface area (Å²) in [6.45, 7) is 0.659. The molecule has 0 atom stereocenters. The molecule has 0 aliphatic carbocycles. The molecule has 0 unspecified atom stereocenters. The molecule has 0 radical (unpaired) electrons. The van der Waals surface area contributed by atoms with Crippen molar-refractivity contribution in [1.82, 2.24) is 14.5 Å². The van der Waals surface area contributed by atoms with Gasteiger partial charge in [-0.3, -0.25) is 4.68 Å². The Morgan fingerprint density at radius 1 is 1.21 bits per heavy atom. The number of hydrogen-bond acceptors (Lipinski definition) is 5.